The standard InChI is InChI=1S/C28H27ClN2O2S/c1-30(21-10-3-2-4-11-21)27(32)19-15-16-26-24(17-19)31(18-20-9-5-7-13-23(20)29)28(33)22-12-6-8-14-25(22)34-26/h5-9,12-17,21H,2-4,10-11,18H2,1H3. The minimum absolute atomic E-state index is 0.00611. The topological polar surface area (TPSA) is 40.6 Å². The number of carbonyl (C=O) groups excluding carboxylic acids is 2. The smallest absolute Gasteiger partial charge is 0.259 e. The summed E-state index contributed by atoms with van der Waals surface area (Å²) in [5.41, 5.74) is 2.87. The summed E-state index contributed by atoms with van der Waals surface area (Å²) in [5.74, 6) is -0.0846. The van der Waals surface area contributed by atoms with Crippen molar-refractivity contribution in [2.75, 3.05) is 11.9 Å². The minimum atomic E-state index is -0.0907. The second-order valence-corrected chi connectivity index (χ2v) is 10.5. The Morgan fingerprint density at radius 3 is 2.53 bits per heavy atom. The van der Waals surface area contributed by atoms with E-state index in [0.29, 0.717) is 22.7 Å². The second kappa shape index (κ2) is 9.85. The van der Waals surface area contributed by atoms with Gasteiger partial charge in [0.25, 0.3) is 11.8 Å². The van der Waals surface area contributed by atoms with E-state index in [1.165, 1.54) is 19.3 Å². The highest BCUT2D eigenvalue weighted by atomic mass is 35.5. The van der Waals surface area contributed by atoms with Crippen LogP contribution in [-0.2, 0) is 6.54 Å². The average molecular weight is 491 g/mol. The molecule has 0 bridgehead atoms. The summed E-state index contributed by atoms with van der Waals surface area (Å²) < 4.78 is 0. The number of rotatable bonds is 4. The van der Waals surface area contributed by atoms with Crippen LogP contribution in [0.5, 0.6) is 0 Å². The predicted molar refractivity (Wildman–Crippen MR) is 138 cm³/mol. The molecule has 0 aromatic heterocycles. The van der Waals surface area contributed by atoms with E-state index in [2.05, 4.69) is 0 Å². The number of hydrogen-bond acceptors (Lipinski definition) is 3. The molecule has 0 saturated heterocycles. The molecule has 1 saturated carbocycles. The van der Waals surface area contributed by atoms with Crippen LogP contribution >= 0.6 is 23.4 Å². The van der Waals surface area contributed by atoms with E-state index in [9.17, 15) is 9.59 Å². The Kier molecular flexibility index (Phi) is 6.66. The van der Waals surface area contributed by atoms with Gasteiger partial charge in [-0.25, -0.2) is 0 Å². The monoisotopic (exact) mass is 490 g/mol. The van der Waals surface area contributed by atoms with Gasteiger partial charge in [0, 0.05) is 33.5 Å². The molecule has 0 N–H and O–H groups in total. The van der Waals surface area contributed by atoms with Gasteiger partial charge in [-0.05, 0) is 54.8 Å². The Bertz CT molecular complexity index is 1240. The maximum absolute atomic E-state index is 13.8. The summed E-state index contributed by atoms with van der Waals surface area (Å²) in [6.45, 7) is 0.330. The van der Waals surface area contributed by atoms with Gasteiger partial charge >= 0.3 is 0 Å². The summed E-state index contributed by atoms with van der Waals surface area (Å²) >= 11 is 8.03. The first kappa shape index (κ1) is 23.0. The molecule has 1 heterocycles. The van der Waals surface area contributed by atoms with Crippen molar-refractivity contribution in [1.82, 2.24) is 4.90 Å². The number of fused-ring (bicyclic) bond motifs is 2. The number of amides is 2. The minimum Gasteiger partial charge on any atom is -0.339 e. The molecule has 0 spiro atoms. The Morgan fingerprint density at radius 2 is 1.74 bits per heavy atom. The van der Waals surface area contributed by atoms with Crippen molar-refractivity contribution in [3.05, 3.63) is 88.4 Å². The molecule has 0 atom stereocenters. The van der Waals surface area contributed by atoms with Crippen LogP contribution in [0.15, 0.2) is 76.5 Å². The van der Waals surface area contributed by atoms with Crippen molar-refractivity contribution in [1.29, 1.82) is 0 Å². The van der Waals surface area contributed by atoms with Gasteiger partial charge in [0.2, 0.25) is 0 Å². The van der Waals surface area contributed by atoms with E-state index >= 15 is 0 Å². The highest BCUT2D eigenvalue weighted by Gasteiger charge is 2.30. The highest BCUT2D eigenvalue weighted by Crippen LogP contribution is 2.42. The Hall–Kier alpha value is -2.76. The average Bonchev–Trinajstić information content (AvgIpc) is 2.99. The third-order valence-corrected chi connectivity index (χ3v) is 8.32. The molecule has 4 nitrogen and oxygen atoms in total. The Balaban J connectivity index is 1.55. The third-order valence-electron chi connectivity index (χ3n) is 6.81. The van der Waals surface area contributed by atoms with Crippen LogP contribution in [0.4, 0.5) is 5.69 Å². The fourth-order valence-corrected chi connectivity index (χ4v) is 6.10. The van der Waals surface area contributed by atoms with Crippen LogP contribution in [0.3, 0.4) is 0 Å². The van der Waals surface area contributed by atoms with Gasteiger partial charge in [-0.3, -0.25) is 9.59 Å². The summed E-state index contributed by atoms with van der Waals surface area (Å²) in [4.78, 5) is 32.7. The first-order valence-electron chi connectivity index (χ1n) is 11.8. The summed E-state index contributed by atoms with van der Waals surface area (Å²) in [7, 11) is 1.90. The van der Waals surface area contributed by atoms with E-state index in [4.69, 9.17) is 11.6 Å². The van der Waals surface area contributed by atoms with E-state index in [1.54, 1.807) is 16.7 Å². The number of hydrogen-bond donors (Lipinski definition) is 0. The number of anilines is 1. The van der Waals surface area contributed by atoms with Crippen molar-refractivity contribution in [3.63, 3.8) is 0 Å². The first-order valence-corrected chi connectivity index (χ1v) is 13.0. The number of nitrogens with zero attached hydrogens (tertiary/aromatic N) is 2. The van der Waals surface area contributed by atoms with Crippen LogP contribution in [0, 0.1) is 0 Å². The van der Waals surface area contributed by atoms with Gasteiger partial charge in [0.05, 0.1) is 17.8 Å². The van der Waals surface area contributed by atoms with E-state index in [1.807, 2.05) is 78.7 Å². The highest BCUT2D eigenvalue weighted by molar-refractivity contribution is 7.99. The van der Waals surface area contributed by atoms with Crippen molar-refractivity contribution in [3.8, 4) is 0 Å². The van der Waals surface area contributed by atoms with E-state index in [0.717, 1.165) is 33.9 Å². The quantitative estimate of drug-likeness (QED) is 0.393. The fourth-order valence-electron chi connectivity index (χ4n) is 4.84. The third kappa shape index (κ3) is 4.47. The number of benzene rings is 3. The van der Waals surface area contributed by atoms with Gasteiger partial charge in [-0.1, -0.05) is 73.0 Å². The molecule has 6 heteroatoms. The zero-order chi connectivity index (χ0) is 23.7. The molecule has 5 rings (SSSR count). The molecular formula is C28H27ClN2O2S. The lowest BCUT2D eigenvalue weighted by atomic mass is 9.94. The normalized spacial score (nSPS) is 15.9. The zero-order valence-electron chi connectivity index (χ0n) is 19.2. The molecule has 1 aliphatic carbocycles. The molecule has 3 aromatic carbocycles. The van der Waals surface area contributed by atoms with Crippen LogP contribution in [-0.4, -0.2) is 29.8 Å². The van der Waals surface area contributed by atoms with E-state index < -0.39 is 0 Å². The maximum Gasteiger partial charge on any atom is 0.259 e. The largest absolute Gasteiger partial charge is 0.339 e. The SMILES string of the molecule is CN(C(=O)c1ccc2c(c1)N(Cc1ccccc1Cl)C(=O)c1ccccc1S2)C1CCCCC1. The molecule has 1 aliphatic heterocycles. The molecular weight excluding hydrogens is 464 g/mol. The van der Waals surface area contributed by atoms with Crippen molar-refractivity contribution < 1.29 is 9.59 Å². The second-order valence-electron chi connectivity index (χ2n) is 8.97. The van der Waals surface area contributed by atoms with Crippen molar-refractivity contribution in [2.45, 2.75) is 54.5 Å². The van der Waals surface area contributed by atoms with Gasteiger partial charge in [0.15, 0.2) is 0 Å². The van der Waals surface area contributed by atoms with Crippen LogP contribution in [0.25, 0.3) is 0 Å². The predicted octanol–water partition coefficient (Wildman–Crippen LogP) is 7.06. The van der Waals surface area contributed by atoms with Crippen molar-refractivity contribution >= 4 is 40.9 Å². The number of carbonyl (C=O) groups is 2. The van der Waals surface area contributed by atoms with Crippen molar-refractivity contribution in [2.24, 2.45) is 0 Å². The van der Waals surface area contributed by atoms with Crippen LogP contribution < -0.4 is 4.90 Å². The molecule has 3 aromatic rings. The van der Waals surface area contributed by atoms with Gasteiger partial charge < -0.3 is 9.80 Å². The molecule has 0 radical (unpaired) electrons. The molecule has 1 fully saturated rings. The lowest BCUT2D eigenvalue weighted by Crippen LogP contribution is -2.38. The molecule has 0 unspecified atom stereocenters. The molecule has 2 amide bonds. The molecule has 34 heavy (non-hydrogen) atoms. The molecule has 174 valence electrons. The van der Waals surface area contributed by atoms with E-state index in [-0.39, 0.29) is 17.9 Å². The molecule has 2 aliphatic rings. The lowest BCUT2D eigenvalue weighted by Gasteiger charge is -2.31. The summed E-state index contributed by atoms with van der Waals surface area (Å²) in [6.07, 6.45) is 5.68. The van der Waals surface area contributed by atoms with Gasteiger partial charge in [-0.15, -0.1) is 0 Å². The lowest BCUT2D eigenvalue weighted by molar-refractivity contribution is 0.0696. The maximum atomic E-state index is 13.8. The van der Waals surface area contributed by atoms with Crippen LogP contribution in [0.2, 0.25) is 5.02 Å². The van der Waals surface area contributed by atoms with Crippen LogP contribution in [0.1, 0.15) is 58.4 Å². The van der Waals surface area contributed by atoms with Gasteiger partial charge in [-0.2, -0.15) is 0 Å². The summed E-state index contributed by atoms with van der Waals surface area (Å²) in [6, 6.07) is 21.2. The summed E-state index contributed by atoms with van der Waals surface area (Å²) in [5, 5.41) is 0.617. The zero-order valence-corrected chi connectivity index (χ0v) is 20.7. The first-order chi connectivity index (χ1) is 16.5. The number of halogens is 1. The fraction of sp³-hybridized carbons (Fsp3) is 0.286. The van der Waals surface area contributed by atoms with Gasteiger partial charge in [0.1, 0.15) is 0 Å². The Labute approximate surface area is 209 Å². The Morgan fingerprint density at radius 1 is 1.00 bits per heavy atom.